The van der Waals surface area contributed by atoms with E-state index < -0.39 is 0 Å². The molecule has 2 aromatic carbocycles. The van der Waals surface area contributed by atoms with Gasteiger partial charge in [0.05, 0.1) is 0 Å². The average Bonchev–Trinajstić information content (AvgIpc) is 2.52. The lowest BCUT2D eigenvalue weighted by atomic mass is 9.76. The molecule has 0 fully saturated rings. The van der Waals surface area contributed by atoms with Crippen LogP contribution in [0.1, 0.15) is 33.3 Å². The van der Waals surface area contributed by atoms with Crippen LogP contribution in [0.2, 0.25) is 0 Å². The first kappa shape index (κ1) is 16.6. The van der Waals surface area contributed by atoms with Crippen molar-refractivity contribution in [2.45, 2.75) is 39.8 Å². The maximum atomic E-state index is 5.98. The smallest absolute Gasteiger partial charge is 0.250 e. The molecule has 0 aliphatic carbocycles. The Labute approximate surface area is 135 Å². The van der Waals surface area contributed by atoms with Crippen molar-refractivity contribution in [3.8, 4) is 5.75 Å². The number of benzene rings is 2. The molecule has 0 unspecified atom stereocenters. The summed E-state index contributed by atoms with van der Waals surface area (Å²) in [4.78, 5) is 0. The van der Waals surface area contributed by atoms with Crippen LogP contribution in [0.25, 0.3) is 0 Å². The first-order valence-electron chi connectivity index (χ1n) is 7.86. The number of hydrogen-bond acceptors (Lipinski definition) is 2. The molecule has 0 saturated carbocycles. The number of nitrogens with one attached hydrogen (secondary N) is 1. The van der Waals surface area contributed by atoms with E-state index in [2.05, 4.69) is 58.5 Å². The molecule has 0 atom stereocenters. The largest absolute Gasteiger partial charge is 0.489 e. The number of ether oxygens (including phenoxy) is 1. The third-order valence-corrected chi connectivity index (χ3v) is 4.20. The van der Waals surface area contributed by atoms with Crippen molar-refractivity contribution in [1.82, 2.24) is 5.23 Å². The van der Waals surface area contributed by atoms with E-state index in [1.54, 1.807) is 0 Å². The molecule has 0 aromatic heterocycles. The molecule has 1 N–H and O–H groups in total. The first-order valence-corrected chi connectivity index (χ1v) is 7.86. The molecule has 0 spiro atoms. The molecule has 2 rings (SSSR count). The minimum absolute atomic E-state index is 0.0482. The van der Waals surface area contributed by atoms with E-state index in [1.807, 2.05) is 36.4 Å². The Morgan fingerprint density at radius 2 is 1.64 bits per heavy atom. The Morgan fingerprint density at radius 3 is 2.32 bits per heavy atom. The highest BCUT2D eigenvalue weighted by atomic mass is 16.5. The summed E-state index contributed by atoms with van der Waals surface area (Å²) >= 11 is 0. The Morgan fingerprint density at radius 1 is 1.00 bits per heavy atom. The van der Waals surface area contributed by atoms with Crippen molar-refractivity contribution in [3.63, 3.8) is 0 Å². The molecule has 0 aliphatic rings. The van der Waals surface area contributed by atoms with E-state index in [0.29, 0.717) is 12.5 Å². The van der Waals surface area contributed by atoms with Crippen molar-refractivity contribution < 1.29 is 4.74 Å². The maximum absolute atomic E-state index is 5.98. The summed E-state index contributed by atoms with van der Waals surface area (Å²) in [6.45, 7) is 9.44. The van der Waals surface area contributed by atoms with Gasteiger partial charge in [0.15, 0.2) is 0 Å². The second-order valence-electron chi connectivity index (χ2n) is 6.48. The molecule has 115 valence electrons. The van der Waals surface area contributed by atoms with Gasteiger partial charge in [-0.3, -0.25) is 0 Å². The lowest BCUT2D eigenvalue weighted by Crippen LogP contribution is -2.49. The van der Waals surface area contributed by atoms with Gasteiger partial charge in [-0.25, -0.2) is 0 Å². The van der Waals surface area contributed by atoms with E-state index in [-0.39, 0.29) is 5.54 Å². The Bertz CT molecular complexity index is 581. The van der Waals surface area contributed by atoms with Gasteiger partial charge in [-0.2, -0.15) is 0 Å². The molecule has 2 aromatic rings. The summed E-state index contributed by atoms with van der Waals surface area (Å²) in [6, 6.07) is 18.4. The maximum Gasteiger partial charge on any atom is 0.250 e. The first-order chi connectivity index (χ1) is 10.5. The van der Waals surface area contributed by atoms with Crippen molar-refractivity contribution in [2.24, 2.45) is 5.92 Å². The van der Waals surface area contributed by atoms with E-state index in [0.717, 1.165) is 11.2 Å². The van der Waals surface area contributed by atoms with E-state index >= 15 is 0 Å². The Balaban J connectivity index is 2.01. The van der Waals surface area contributed by atoms with E-state index in [1.165, 1.54) is 5.56 Å². The highest BCUT2D eigenvalue weighted by Crippen LogP contribution is 2.15. The fourth-order valence-corrected chi connectivity index (χ4v) is 1.90. The van der Waals surface area contributed by atoms with E-state index in [4.69, 9.17) is 4.74 Å². The summed E-state index contributed by atoms with van der Waals surface area (Å²) in [7, 11) is 2.06. The number of para-hydroxylation sites is 1. The van der Waals surface area contributed by atoms with Crippen molar-refractivity contribution in [3.05, 3.63) is 60.2 Å². The van der Waals surface area contributed by atoms with Gasteiger partial charge in [0, 0.05) is 5.54 Å². The molecule has 22 heavy (non-hydrogen) atoms. The van der Waals surface area contributed by atoms with Crippen LogP contribution >= 0.6 is 0 Å². The predicted octanol–water partition coefficient (Wildman–Crippen LogP) is 3.53. The van der Waals surface area contributed by atoms with Crippen molar-refractivity contribution in [2.75, 3.05) is 0 Å². The van der Waals surface area contributed by atoms with E-state index in [9.17, 15) is 0 Å². The minimum atomic E-state index is 0.0482. The quantitative estimate of drug-likeness (QED) is 0.789. The topological polar surface area (TPSA) is 21.3 Å². The summed E-state index contributed by atoms with van der Waals surface area (Å²) < 4.78 is 5.98. The van der Waals surface area contributed by atoms with Crippen LogP contribution in [0.5, 0.6) is 5.75 Å². The fraction of sp³-hybridized carbons (Fsp3) is 0.368. The van der Waals surface area contributed by atoms with Gasteiger partial charge >= 0.3 is 0 Å². The fourth-order valence-electron chi connectivity index (χ4n) is 1.90. The third kappa shape index (κ3) is 4.64. The Kier molecular flexibility index (Phi) is 5.67. The molecule has 0 aliphatic heterocycles. The molecular weight excluding hydrogens is 269 g/mol. The molecule has 0 bridgehead atoms. The van der Waals surface area contributed by atoms with Crippen LogP contribution in [-0.4, -0.2) is 13.0 Å². The number of hydrogen-bond donors (Lipinski definition) is 1. The molecule has 0 saturated heterocycles. The molecule has 0 heterocycles. The van der Waals surface area contributed by atoms with Gasteiger partial charge in [0.25, 0.3) is 0 Å². The van der Waals surface area contributed by atoms with Gasteiger partial charge in [0.1, 0.15) is 12.4 Å². The SMILES string of the molecule is CC(C)C(C)(C)N[B]c1ccccc1OCc1ccccc1. The molecular formula is C19H25BNO. The molecule has 2 nitrogen and oxygen atoms in total. The highest BCUT2D eigenvalue weighted by Gasteiger charge is 2.22. The van der Waals surface area contributed by atoms with Crippen LogP contribution in [0.4, 0.5) is 0 Å². The lowest BCUT2D eigenvalue weighted by molar-refractivity contribution is 0.308. The summed E-state index contributed by atoms with van der Waals surface area (Å²) in [6.07, 6.45) is 0. The standard InChI is InChI=1S/C19H25BNO/c1-15(2)19(3,4)21-20-17-12-8-9-13-18(17)22-14-16-10-6-5-7-11-16/h5-13,15,21H,14H2,1-4H3. The predicted molar refractivity (Wildman–Crippen MR) is 94.7 cm³/mol. The van der Waals surface area contributed by atoms with Crippen LogP contribution in [0.15, 0.2) is 54.6 Å². The minimum Gasteiger partial charge on any atom is -0.489 e. The van der Waals surface area contributed by atoms with Gasteiger partial charge in [-0.1, -0.05) is 62.4 Å². The van der Waals surface area contributed by atoms with Crippen LogP contribution in [0, 0.1) is 5.92 Å². The molecule has 0 amide bonds. The third-order valence-electron chi connectivity index (χ3n) is 4.20. The summed E-state index contributed by atoms with van der Waals surface area (Å²) in [5, 5.41) is 3.51. The van der Waals surface area contributed by atoms with Gasteiger partial charge in [-0.15, -0.1) is 0 Å². The van der Waals surface area contributed by atoms with Gasteiger partial charge < -0.3 is 9.96 Å². The molecule has 1 radical (unpaired) electrons. The average molecular weight is 294 g/mol. The van der Waals surface area contributed by atoms with Crippen LogP contribution < -0.4 is 15.4 Å². The normalized spacial score (nSPS) is 11.5. The van der Waals surface area contributed by atoms with Gasteiger partial charge in [0.2, 0.25) is 7.41 Å². The van der Waals surface area contributed by atoms with Crippen molar-refractivity contribution >= 4 is 12.9 Å². The summed E-state index contributed by atoms with van der Waals surface area (Å²) in [5.41, 5.74) is 2.30. The van der Waals surface area contributed by atoms with Crippen LogP contribution in [0.3, 0.4) is 0 Å². The second-order valence-corrected chi connectivity index (χ2v) is 6.48. The second kappa shape index (κ2) is 7.50. The zero-order valence-electron chi connectivity index (χ0n) is 14.0. The molecule has 3 heteroatoms. The zero-order chi connectivity index (χ0) is 16.0. The van der Waals surface area contributed by atoms with Crippen LogP contribution in [-0.2, 0) is 6.61 Å². The lowest BCUT2D eigenvalue weighted by Gasteiger charge is -2.31. The Hall–Kier alpha value is -1.74. The monoisotopic (exact) mass is 294 g/mol. The van der Waals surface area contributed by atoms with Gasteiger partial charge in [-0.05, 0) is 36.9 Å². The summed E-state index contributed by atoms with van der Waals surface area (Å²) in [5.74, 6) is 1.44. The zero-order valence-corrected chi connectivity index (χ0v) is 14.0. The number of rotatable bonds is 7. The highest BCUT2D eigenvalue weighted by molar-refractivity contribution is 6.52. The van der Waals surface area contributed by atoms with Crippen molar-refractivity contribution in [1.29, 1.82) is 0 Å².